The summed E-state index contributed by atoms with van der Waals surface area (Å²) >= 11 is 3.78. The number of esters is 2. The van der Waals surface area contributed by atoms with Crippen molar-refractivity contribution < 1.29 is 19.1 Å². The summed E-state index contributed by atoms with van der Waals surface area (Å²) in [7, 11) is 0. The molecule has 0 atom stereocenters. The third-order valence-electron chi connectivity index (χ3n) is 1.89. The van der Waals surface area contributed by atoms with Crippen molar-refractivity contribution in [3.63, 3.8) is 0 Å². The zero-order chi connectivity index (χ0) is 12.7. The van der Waals surface area contributed by atoms with Crippen LogP contribution in [0, 0.1) is 0 Å². The van der Waals surface area contributed by atoms with Gasteiger partial charge in [-0.05, 0) is 12.1 Å². The van der Waals surface area contributed by atoms with Gasteiger partial charge >= 0.3 is 11.9 Å². The molecule has 0 aliphatic rings. The van der Waals surface area contributed by atoms with Crippen molar-refractivity contribution in [2.75, 3.05) is 12.5 Å². The van der Waals surface area contributed by atoms with Gasteiger partial charge in [-0.1, -0.05) is 24.8 Å². The minimum Gasteiger partial charge on any atom is -0.458 e. The van der Waals surface area contributed by atoms with Crippen LogP contribution < -0.4 is 0 Å². The molecule has 0 bridgehead atoms. The number of hydrogen-bond donors (Lipinski definition) is 1. The SMILES string of the molecule is C=CCOC(=O)c1ccccc1C(=O)OCS. The summed E-state index contributed by atoms with van der Waals surface area (Å²) in [4.78, 5) is 23.2. The first-order chi connectivity index (χ1) is 8.20. The van der Waals surface area contributed by atoms with E-state index in [0.717, 1.165) is 0 Å². The van der Waals surface area contributed by atoms with Crippen molar-refractivity contribution in [1.29, 1.82) is 0 Å². The van der Waals surface area contributed by atoms with E-state index in [9.17, 15) is 9.59 Å². The average Bonchev–Trinajstić information content (AvgIpc) is 2.36. The smallest absolute Gasteiger partial charge is 0.339 e. The molecular formula is C12H12O4S. The fourth-order valence-corrected chi connectivity index (χ4v) is 1.31. The maximum atomic E-state index is 11.6. The Morgan fingerprint density at radius 2 is 1.71 bits per heavy atom. The van der Waals surface area contributed by atoms with Gasteiger partial charge in [-0.3, -0.25) is 0 Å². The highest BCUT2D eigenvalue weighted by Crippen LogP contribution is 2.12. The summed E-state index contributed by atoms with van der Waals surface area (Å²) in [5.74, 6) is -1.24. The highest BCUT2D eigenvalue weighted by atomic mass is 32.1. The van der Waals surface area contributed by atoms with Crippen LogP contribution in [0.2, 0.25) is 0 Å². The Hall–Kier alpha value is -1.75. The molecule has 0 unspecified atom stereocenters. The monoisotopic (exact) mass is 252 g/mol. The summed E-state index contributed by atoms with van der Waals surface area (Å²) in [5, 5.41) is 0. The Balaban J connectivity index is 2.94. The lowest BCUT2D eigenvalue weighted by atomic mass is 10.1. The van der Waals surface area contributed by atoms with Crippen LogP contribution in [-0.4, -0.2) is 24.5 Å². The predicted molar refractivity (Wildman–Crippen MR) is 66.2 cm³/mol. The first-order valence-corrected chi connectivity index (χ1v) is 5.49. The van der Waals surface area contributed by atoms with Crippen molar-refractivity contribution in [1.82, 2.24) is 0 Å². The molecule has 0 aliphatic carbocycles. The zero-order valence-corrected chi connectivity index (χ0v) is 9.98. The molecule has 5 heteroatoms. The lowest BCUT2D eigenvalue weighted by Gasteiger charge is -2.07. The molecule has 1 aromatic rings. The van der Waals surface area contributed by atoms with Crippen molar-refractivity contribution in [2.24, 2.45) is 0 Å². The fraction of sp³-hybridized carbons (Fsp3) is 0.167. The molecule has 0 amide bonds. The minimum atomic E-state index is -0.605. The largest absolute Gasteiger partial charge is 0.458 e. The summed E-state index contributed by atoms with van der Waals surface area (Å²) in [5.41, 5.74) is 0.330. The lowest BCUT2D eigenvalue weighted by Crippen LogP contribution is -2.13. The van der Waals surface area contributed by atoms with Gasteiger partial charge in [0.05, 0.1) is 11.1 Å². The van der Waals surface area contributed by atoms with E-state index in [4.69, 9.17) is 9.47 Å². The van der Waals surface area contributed by atoms with Crippen LogP contribution in [0.4, 0.5) is 0 Å². The van der Waals surface area contributed by atoms with Gasteiger partial charge in [0.15, 0.2) is 0 Å². The lowest BCUT2D eigenvalue weighted by molar-refractivity contribution is 0.0516. The summed E-state index contributed by atoms with van der Waals surface area (Å²) < 4.78 is 9.58. The molecule has 4 nitrogen and oxygen atoms in total. The topological polar surface area (TPSA) is 52.6 Å². The number of benzene rings is 1. The second-order valence-electron chi connectivity index (χ2n) is 2.99. The van der Waals surface area contributed by atoms with Crippen LogP contribution >= 0.6 is 12.6 Å². The van der Waals surface area contributed by atoms with E-state index in [-0.39, 0.29) is 23.7 Å². The first-order valence-electron chi connectivity index (χ1n) is 4.85. The Morgan fingerprint density at radius 3 is 2.18 bits per heavy atom. The number of rotatable bonds is 5. The van der Waals surface area contributed by atoms with E-state index in [0.29, 0.717) is 0 Å². The third kappa shape index (κ3) is 3.64. The fourth-order valence-electron chi connectivity index (χ4n) is 1.19. The Bertz CT molecular complexity index is 428. The average molecular weight is 252 g/mol. The van der Waals surface area contributed by atoms with Crippen LogP contribution in [0.5, 0.6) is 0 Å². The van der Waals surface area contributed by atoms with E-state index < -0.39 is 11.9 Å². The highest BCUT2D eigenvalue weighted by molar-refractivity contribution is 7.80. The van der Waals surface area contributed by atoms with Gasteiger partial charge in [-0.25, -0.2) is 9.59 Å². The van der Waals surface area contributed by atoms with Crippen LogP contribution in [0.1, 0.15) is 20.7 Å². The molecular weight excluding hydrogens is 240 g/mol. The van der Waals surface area contributed by atoms with E-state index >= 15 is 0 Å². The maximum Gasteiger partial charge on any atom is 0.339 e. The minimum absolute atomic E-state index is 0.0468. The molecule has 0 saturated heterocycles. The summed E-state index contributed by atoms with van der Waals surface area (Å²) in [6.45, 7) is 3.53. The van der Waals surface area contributed by atoms with Crippen molar-refractivity contribution >= 4 is 24.6 Å². The molecule has 1 aromatic carbocycles. The van der Waals surface area contributed by atoms with Gasteiger partial charge in [0.1, 0.15) is 12.5 Å². The van der Waals surface area contributed by atoms with Gasteiger partial charge in [0.25, 0.3) is 0 Å². The Labute approximate surface area is 105 Å². The van der Waals surface area contributed by atoms with Crippen LogP contribution in [0.3, 0.4) is 0 Å². The third-order valence-corrected chi connectivity index (χ3v) is 2.02. The van der Waals surface area contributed by atoms with Gasteiger partial charge in [0.2, 0.25) is 0 Å². The highest BCUT2D eigenvalue weighted by Gasteiger charge is 2.18. The van der Waals surface area contributed by atoms with Crippen LogP contribution in [0.15, 0.2) is 36.9 Å². The molecule has 17 heavy (non-hydrogen) atoms. The normalized spacial score (nSPS) is 9.47. The Morgan fingerprint density at radius 1 is 1.18 bits per heavy atom. The Kier molecular flexibility index (Phi) is 5.29. The molecule has 0 N–H and O–H groups in total. The van der Waals surface area contributed by atoms with Gasteiger partial charge in [-0.2, -0.15) is 0 Å². The second kappa shape index (κ2) is 6.75. The second-order valence-corrected chi connectivity index (χ2v) is 3.25. The van der Waals surface area contributed by atoms with Gasteiger partial charge in [-0.15, -0.1) is 12.6 Å². The quantitative estimate of drug-likeness (QED) is 0.377. The molecule has 0 radical (unpaired) electrons. The number of thiol groups is 1. The molecule has 0 aliphatic heterocycles. The zero-order valence-electron chi connectivity index (χ0n) is 9.09. The van der Waals surface area contributed by atoms with E-state index in [1.807, 2.05) is 0 Å². The van der Waals surface area contributed by atoms with E-state index in [1.54, 1.807) is 12.1 Å². The van der Waals surface area contributed by atoms with Gasteiger partial charge in [0, 0.05) is 0 Å². The number of hydrogen-bond acceptors (Lipinski definition) is 5. The van der Waals surface area contributed by atoms with Crippen molar-refractivity contribution in [3.8, 4) is 0 Å². The summed E-state index contributed by atoms with van der Waals surface area (Å²) in [6, 6.07) is 6.28. The van der Waals surface area contributed by atoms with E-state index in [2.05, 4.69) is 19.2 Å². The molecule has 0 aromatic heterocycles. The summed E-state index contributed by atoms with van der Waals surface area (Å²) in [6.07, 6.45) is 1.45. The molecule has 0 spiro atoms. The van der Waals surface area contributed by atoms with Gasteiger partial charge < -0.3 is 9.47 Å². The van der Waals surface area contributed by atoms with Crippen LogP contribution in [-0.2, 0) is 9.47 Å². The molecule has 0 heterocycles. The molecule has 0 fully saturated rings. The number of carbonyl (C=O) groups is 2. The van der Waals surface area contributed by atoms with Crippen molar-refractivity contribution in [2.45, 2.75) is 0 Å². The predicted octanol–water partition coefficient (Wildman–Crippen LogP) is 2.07. The van der Waals surface area contributed by atoms with Crippen molar-refractivity contribution in [3.05, 3.63) is 48.0 Å². The number of carbonyl (C=O) groups excluding carboxylic acids is 2. The maximum absolute atomic E-state index is 11.6. The standard InChI is InChI=1S/C12H12O4S/c1-2-7-15-11(13)9-5-3-4-6-10(9)12(14)16-8-17/h2-6,17H,1,7-8H2. The number of ether oxygens (including phenoxy) is 2. The van der Waals surface area contributed by atoms with Crippen LogP contribution in [0.25, 0.3) is 0 Å². The van der Waals surface area contributed by atoms with E-state index in [1.165, 1.54) is 18.2 Å². The molecule has 1 rings (SSSR count). The molecule has 90 valence electrons. The first kappa shape index (κ1) is 13.3. The molecule has 0 saturated carbocycles.